The van der Waals surface area contributed by atoms with Crippen molar-refractivity contribution in [2.45, 2.75) is 25.7 Å². The van der Waals surface area contributed by atoms with Crippen LogP contribution in [0.25, 0.3) is 0 Å². The molecular weight excluding hydrogens is 312 g/mol. The number of amides is 2. The van der Waals surface area contributed by atoms with Crippen LogP contribution in [0.15, 0.2) is 24.3 Å². The summed E-state index contributed by atoms with van der Waals surface area (Å²) in [6.07, 6.45) is 3.10. The molecule has 0 atom stereocenters. The number of thiophene rings is 1. The average molecular weight is 330 g/mol. The molecule has 0 spiro atoms. The second-order valence-electron chi connectivity index (χ2n) is 5.50. The van der Waals surface area contributed by atoms with Crippen LogP contribution in [-0.2, 0) is 24.1 Å². The maximum absolute atomic E-state index is 12.3. The Morgan fingerprint density at radius 2 is 2.00 bits per heavy atom. The summed E-state index contributed by atoms with van der Waals surface area (Å²) in [6.45, 7) is 0. The third-order valence-electron chi connectivity index (χ3n) is 3.94. The van der Waals surface area contributed by atoms with Gasteiger partial charge in [0, 0.05) is 4.88 Å². The van der Waals surface area contributed by atoms with Gasteiger partial charge >= 0.3 is 0 Å². The van der Waals surface area contributed by atoms with Gasteiger partial charge in [0.15, 0.2) is 0 Å². The topological polar surface area (TPSA) is 81.4 Å². The average Bonchev–Trinajstić information content (AvgIpc) is 3.07. The molecule has 6 heteroatoms. The number of aryl methyl sites for hydroxylation is 1. The minimum atomic E-state index is -0.468. The second-order valence-corrected chi connectivity index (χ2v) is 6.60. The van der Waals surface area contributed by atoms with Gasteiger partial charge in [-0.15, -0.1) is 11.3 Å². The van der Waals surface area contributed by atoms with E-state index in [-0.39, 0.29) is 12.3 Å². The van der Waals surface area contributed by atoms with Crippen LogP contribution in [-0.4, -0.2) is 18.9 Å². The molecule has 0 saturated heterocycles. The molecule has 0 unspecified atom stereocenters. The number of nitrogens with one attached hydrogen (secondary N) is 1. The number of hydrogen-bond acceptors (Lipinski definition) is 4. The standard InChI is InChI=1S/C17H18N2O3S/c1-22-11-7-5-10(6-8-11)9-14(20)19-17-15(16(18)21)12-3-2-4-13(12)23-17/h5-8H,2-4,9H2,1H3,(H2,18,21)(H,19,20). The number of carbonyl (C=O) groups is 2. The molecule has 120 valence electrons. The Morgan fingerprint density at radius 3 is 2.65 bits per heavy atom. The Bertz CT molecular complexity index is 750. The molecule has 1 aliphatic carbocycles. The first-order valence-corrected chi connectivity index (χ1v) is 8.27. The van der Waals surface area contributed by atoms with Gasteiger partial charge in [-0.2, -0.15) is 0 Å². The summed E-state index contributed by atoms with van der Waals surface area (Å²) < 4.78 is 5.10. The van der Waals surface area contributed by atoms with E-state index < -0.39 is 5.91 Å². The molecule has 5 nitrogen and oxygen atoms in total. The van der Waals surface area contributed by atoms with E-state index in [0.29, 0.717) is 10.6 Å². The number of ether oxygens (including phenoxy) is 1. The molecule has 2 amide bonds. The van der Waals surface area contributed by atoms with Crippen molar-refractivity contribution in [1.29, 1.82) is 0 Å². The predicted molar refractivity (Wildman–Crippen MR) is 90.2 cm³/mol. The normalized spacial score (nSPS) is 12.7. The van der Waals surface area contributed by atoms with Gasteiger partial charge in [0.05, 0.1) is 19.1 Å². The highest BCUT2D eigenvalue weighted by atomic mass is 32.1. The lowest BCUT2D eigenvalue weighted by Gasteiger charge is -2.07. The lowest BCUT2D eigenvalue weighted by molar-refractivity contribution is -0.115. The summed E-state index contributed by atoms with van der Waals surface area (Å²) >= 11 is 1.47. The molecule has 0 bridgehead atoms. The maximum Gasteiger partial charge on any atom is 0.251 e. The zero-order valence-electron chi connectivity index (χ0n) is 12.8. The molecule has 0 aliphatic heterocycles. The fourth-order valence-corrected chi connectivity index (χ4v) is 4.16. The largest absolute Gasteiger partial charge is 0.497 e. The smallest absolute Gasteiger partial charge is 0.251 e. The molecule has 1 heterocycles. The molecule has 1 aromatic heterocycles. The van der Waals surface area contributed by atoms with Crippen molar-refractivity contribution in [3.05, 3.63) is 45.8 Å². The summed E-state index contributed by atoms with van der Waals surface area (Å²) in [5.74, 6) is 0.126. The molecule has 23 heavy (non-hydrogen) atoms. The first-order chi connectivity index (χ1) is 11.1. The number of benzene rings is 1. The van der Waals surface area contributed by atoms with Crippen LogP contribution in [0.4, 0.5) is 5.00 Å². The van der Waals surface area contributed by atoms with Gasteiger partial charge in [-0.3, -0.25) is 9.59 Å². The van der Waals surface area contributed by atoms with Gasteiger partial charge in [0.25, 0.3) is 5.91 Å². The lowest BCUT2D eigenvalue weighted by atomic mass is 10.1. The number of nitrogens with two attached hydrogens (primary N) is 1. The molecule has 3 N–H and O–H groups in total. The zero-order chi connectivity index (χ0) is 16.4. The fourth-order valence-electron chi connectivity index (χ4n) is 2.85. The summed E-state index contributed by atoms with van der Waals surface area (Å²) in [5, 5.41) is 3.43. The number of rotatable bonds is 5. The van der Waals surface area contributed by atoms with Crippen LogP contribution in [0.1, 0.15) is 32.8 Å². The summed E-state index contributed by atoms with van der Waals surface area (Å²) in [6, 6.07) is 7.33. The molecule has 1 aliphatic rings. The molecule has 1 aromatic carbocycles. The monoisotopic (exact) mass is 330 g/mol. The third-order valence-corrected chi connectivity index (χ3v) is 5.15. The summed E-state index contributed by atoms with van der Waals surface area (Å²) in [5.41, 5.74) is 7.88. The van der Waals surface area contributed by atoms with Crippen LogP contribution in [0.3, 0.4) is 0 Å². The number of fused-ring (bicyclic) bond motifs is 1. The maximum atomic E-state index is 12.3. The van der Waals surface area contributed by atoms with Gasteiger partial charge in [0.1, 0.15) is 10.8 Å². The number of anilines is 1. The first kappa shape index (κ1) is 15.6. The van der Waals surface area contributed by atoms with Crippen molar-refractivity contribution in [3.8, 4) is 5.75 Å². The molecule has 0 fully saturated rings. The van der Waals surface area contributed by atoms with E-state index in [1.165, 1.54) is 16.2 Å². The SMILES string of the molecule is COc1ccc(CC(=O)Nc2sc3c(c2C(N)=O)CCC3)cc1. The van der Waals surface area contributed by atoms with Gasteiger partial charge in [-0.25, -0.2) is 0 Å². The van der Waals surface area contributed by atoms with E-state index in [2.05, 4.69) is 5.32 Å². The number of carbonyl (C=O) groups excluding carboxylic acids is 2. The fraction of sp³-hybridized carbons (Fsp3) is 0.294. The van der Waals surface area contributed by atoms with Gasteiger partial charge in [-0.1, -0.05) is 12.1 Å². The Balaban J connectivity index is 1.74. The highest BCUT2D eigenvalue weighted by Gasteiger charge is 2.26. The van der Waals surface area contributed by atoms with Gasteiger partial charge in [-0.05, 0) is 42.5 Å². The quantitative estimate of drug-likeness (QED) is 0.884. The first-order valence-electron chi connectivity index (χ1n) is 7.45. The number of primary amides is 1. The van der Waals surface area contributed by atoms with Gasteiger partial charge in [0.2, 0.25) is 5.91 Å². The Hall–Kier alpha value is -2.34. The van der Waals surface area contributed by atoms with Gasteiger partial charge < -0.3 is 15.8 Å². The summed E-state index contributed by atoms with van der Waals surface area (Å²) in [7, 11) is 1.60. The minimum absolute atomic E-state index is 0.155. The van der Waals surface area contributed by atoms with Crippen LogP contribution in [0, 0.1) is 0 Å². The Morgan fingerprint density at radius 1 is 1.26 bits per heavy atom. The van der Waals surface area contributed by atoms with Crippen molar-refractivity contribution in [1.82, 2.24) is 0 Å². The Labute approximate surface area is 138 Å². The molecule has 0 radical (unpaired) electrons. The van der Waals surface area contributed by atoms with Crippen LogP contribution in [0.2, 0.25) is 0 Å². The van der Waals surface area contributed by atoms with E-state index in [1.54, 1.807) is 7.11 Å². The van der Waals surface area contributed by atoms with E-state index in [1.807, 2.05) is 24.3 Å². The van der Waals surface area contributed by atoms with Crippen molar-refractivity contribution in [2.75, 3.05) is 12.4 Å². The number of methoxy groups -OCH3 is 1. The van der Waals surface area contributed by atoms with Crippen molar-refractivity contribution < 1.29 is 14.3 Å². The second kappa shape index (κ2) is 6.42. The molecule has 0 saturated carbocycles. The lowest BCUT2D eigenvalue weighted by Crippen LogP contribution is -2.19. The predicted octanol–water partition coefficient (Wildman–Crippen LogP) is 2.53. The van der Waals surface area contributed by atoms with Crippen LogP contribution >= 0.6 is 11.3 Å². The van der Waals surface area contributed by atoms with E-state index in [9.17, 15) is 9.59 Å². The highest BCUT2D eigenvalue weighted by molar-refractivity contribution is 7.17. The van der Waals surface area contributed by atoms with E-state index >= 15 is 0 Å². The molecule has 3 rings (SSSR count). The summed E-state index contributed by atoms with van der Waals surface area (Å²) in [4.78, 5) is 25.1. The molecular formula is C17H18N2O3S. The minimum Gasteiger partial charge on any atom is -0.497 e. The van der Waals surface area contributed by atoms with Crippen LogP contribution in [0.5, 0.6) is 5.75 Å². The third kappa shape index (κ3) is 3.22. The van der Waals surface area contributed by atoms with Crippen molar-refractivity contribution >= 4 is 28.2 Å². The van der Waals surface area contributed by atoms with Crippen molar-refractivity contribution in [2.24, 2.45) is 5.73 Å². The van der Waals surface area contributed by atoms with E-state index in [0.717, 1.165) is 36.1 Å². The number of hydrogen-bond donors (Lipinski definition) is 2. The van der Waals surface area contributed by atoms with E-state index in [4.69, 9.17) is 10.5 Å². The Kier molecular flexibility index (Phi) is 4.34. The highest BCUT2D eigenvalue weighted by Crippen LogP contribution is 2.38. The zero-order valence-corrected chi connectivity index (χ0v) is 13.7. The molecule has 2 aromatic rings. The van der Waals surface area contributed by atoms with Crippen molar-refractivity contribution in [3.63, 3.8) is 0 Å². The van der Waals surface area contributed by atoms with Crippen LogP contribution < -0.4 is 15.8 Å².